The molecule has 1 saturated heterocycles. The van der Waals surface area contributed by atoms with Crippen molar-refractivity contribution in [3.8, 4) is 0 Å². The van der Waals surface area contributed by atoms with Gasteiger partial charge in [-0.3, -0.25) is 4.90 Å². The molecular weight excluding hydrogens is 210 g/mol. The van der Waals surface area contributed by atoms with Crippen molar-refractivity contribution in [3.05, 3.63) is 35.4 Å². The maximum absolute atomic E-state index is 9.95. The van der Waals surface area contributed by atoms with E-state index in [-0.39, 0.29) is 5.60 Å². The molecule has 1 saturated carbocycles. The molecule has 1 aliphatic carbocycles. The van der Waals surface area contributed by atoms with E-state index in [1.165, 1.54) is 37.1 Å². The summed E-state index contributed by atoms with van der Waals surface area (Å²) in [4.78, 5) is 2.52. The summed E-state index contributed by atoms with van der Waals surface area (Å²) in [6.07, 6.45) is 5.48. The highest BCUT2D eigenvalue weighted by Gasteiger charge is 2.40. The van der Waals surface area contributed by atoms with Crippen LogP contribution in [0.3, 0.4) is 0 Å². The van der Waals surface area contributed by atoms with Gasteiger partial charge in [0.05, 0.1) is 5.60 Å². The summed E-state index contributed by atoms with van der Waals surface area (Å²) < 4.78 is 0. The average molecular weight is 231 g/mol. The van der Waals surface area contributed by atoms with Crippen LogP contribution in [-0.4, -0.2) is 28.7 Å². The fourth-order valence-electron chi connectivity index (χ4n) is 2.74. The maximum Gasteiger partial charge on any atom is 0.0690 e. The van der Waals surface area contributed by atoms with Crippen molar-refractivity contribution in [2.24, 2.45) is 0 Å². The highest BCUT2D eigenvalue weighted by Crippen LogP contribution is 2.38. The van der Waals surface area contributed by atoms with E-state index in [1.807, 2.05) is 0 Å². The largest absolute Gasteiger partial charge is 0.390 e. The molecule has 0 atom stereocenters. The molecule has 2 fully saturated rings. The van der Waals surface area contributed by atoms with Crippen molar-refractivity contribution in [2.45, 2.75) is 44.2 Å². The van der Waals surface area contributed by atoms with E-state index < -0.39 is 0 Å². The van der Waals surface area contributed by atoms with Gasteiger partial charge in [0.25, 0.3) is 0 Å². The highest BCUT2D eigenvalue weighted by molar-refractivity contribution is 5.26. The first-order valence-electron chi connectivity index (χ1n) is 6.76. The number of hydrogen-bond acceptors (Lipinski definition) is 2. The molecule has 0 spiro atoms. The average Bonchev–Trinajstić information content (AvgIpc) is 2.82. The van der Waals surface area contributed by atoms with Crippen LogP contribution in [0.25, 0.3) is 0 Å². The minimum Gasteiger partial charge on any atom is -0.390 e. The summed E-state index contributed by atoms with van der Waals surface area (Å²) in [5.41, 5.74) is 2.32. The Hall–Kier alpha value is -0.860. The van der Waals surface area contributed by atoms with Crippen LogP contribution in [0.5, 0.6) is 0 Å². The van der Waals surface area contributed by atoms with Gasteiger partial charge in [0, 0.05) is 13.0 Å². The zero-order valence-electron chi connectivity index (χ0n) is 10.4. The van der Waals surface area contributed by atoms with E-state index in [0.29, 0.717) is 0 Å². The summed E-state index contributed by atoms with van der Waals surface area (Å²) >= 11 is 0. The van der Waals surface area contributed by atoms with Gasteiger partial charge in [0.2, 0.25) is 0 Å². The fraction of sp³-hybridized carbons (Fsp3) is 0.600. The van der Waals surface area contributed by atoms with Crippen LogP contribution >= 0.6 is 0 Å². The van der Waals surface area contributed by atoms with Gasteiger partial charge in [0.15, 0.2) is 0 Å². The molecule has 1 aromatic rings. The van der Waals surface area contributed by atoms with Gasteiger partial charge in [-0.25, -0.2) is 0 Å². The number of nitrogens with zero attached hydrogens (tertiary/aromatic N) is 1. The summed E-state index contributed by atoms with van der Waals surface area (Å²) in [5, 5.41) is 9.95. The second-order valence-electron chi connectivity index (χ2n) is 5.70. The second-order valence-corrected chi connectivity index (χ2v) is 5.70. The van der Waals surface area contributed by atoms with Gasteiger partial charge < -0.3 is 5.11 Å². The van der Waals surface area contributed by atoms with Crippen LogP contribution in [0, 0.1) is 0 Å². The normalized spacial score (nSPS) is 22.9. The first kappa shape index (κ1) is 11.2. The Morgan fingerprint density at radius 2 is 1.82 bits per heavy atom. The summed E-state index contributed by atoms with van der Waals surface area (Å²) in [6, 6.07) is 8.75. The van der Waals surface area contributed by atoms with Crippen molar-refractivity contribution >= 4 is 0 Å². The van der Waals surface area contributed by atoms with Gasteiger partial charge in [-0.15, -0.1) is 0 Å². The van der Waals surface area contributed by atoms with Crippen LogP contribution in [0.4, 0.5) is 0 Å². The Balaban J connectivity index is 1.65. The first-order chi connectivity index (χ1) is 8.23. The monoisotopic (exact) mass is 231 g/mol. The molecule has 0 aromatic heterocycles. The molecular formula is C15H21NO. The SMILES string of the molecule is OC1(Cc2cccc(CN3CCCC3)c2)CC1. The third kappa shape index (κ3) is 2.88. The second kappa shape index (κ2) is 4.43. The molecule has 1 N–H and O–H groups in total. The number of benzene rings is 1. The third-order valence-electron chi connectivity index (χ3n) is 3.96. The van der Waals surface area contributed by atoms with Crippen molar-refractivity contribution in [2.75, 3.05) is 13.1 Å². The van der Waals surface area contributed by atoms with E-state index in [4.69, 9.17) is 0 Å². The molecule has 2 aliphatic rings. The lowest BCUT2D eigenvalue weighted by molar-refractivity contribution is 0.151. The molecule has 2 nitrogen and oxygen atoms in total. The Kier molecular flexibility index (Phi) is 2.93. The van der Waals surface area contributed by atoms with E-state index in [0.717, 1.165) is 25.8 Å². The molecule has 92 valence electrons. The molecule has 0 bridgehead atoms. The zero-order chi connectivity index (χ0) is 11.7. The number of hydrogen-bond donors (Lipinski definition) is 1. The Bertz CT molecular complexity index is 392. The molecule has 3 rings (SSSR count). The van der Waals surface area contributed by atoms with E-state index in [1.54, 1.807) is 0 Å². The molecule has 0 radical (unpaired) electrons. The predicted molar refractivity (Wildman–Crippen MR) is 68.8 cm³/mol. The Labute approximate surface area is 103 Å². The molecule has 0 unspecified atom stereocenters. The van der Waals surface area contributed by atoms with Crippen LogP contribution in [-0.2, 0) is 13.0 Å². The van der Waals surface area contributed by atoms with Crippen molar-refractivity contribution < 1.29 is 5.11 Å². The lowest BCUT2D eigenvalue weighted by Crippen LogP contribution is -2.18. The van der Waals surface area contributed by atoms with E-state index in [9.17, 15) is 5.11 Å². The topological polar surface area (TPSA) is 23.5 Å². The third-order valence-corrected chi connectivity index (χ3v) is 3.96. The Morgan fingerprint density at radius 1 is 1.12 bits per heavy atom. The fourth-order valence-corrected chi connectivity index (χ4v) is 2.74. The van der Waals surface area contributed by atoms with Crippen molar-refractivity contribution in [1.29, 1.82) is 0 Å². The van der Waals surface area contributed by atoms with Crippen LogP contribution < -0.4 is 0 Å². The van der Waals surface area contributed by atoms with Gasteiger partial charge in [0.1, 0.15) is 0 Å². The first-order valence-corrected chi connectivity index (χ1v) is 6.76. The maximum atomic E-state index is 9.95. The molecule has 2 heteroatoms. The minimum atomic E-state index is -0.369. The van der Waals surface area contributed by atoms with Gasteiger partial charge >= 0.3 is 0 Å². The molecule has 17 heavy (non-hydrogen) atoms. The smallest absolute Gasteiger partial charge is 0.0690 e. The van der Waals surface area contributed by atoms with Crippen LogP contribution in [0.15, 0.2) is 24.3 Å². The lowest BCUT2D eigenvalue weighted by atomic mass is 10.0. The van der Waals surface area contributed by atoms with Crippen LogP contribution in [0.1, 0.15) is 36.8 Å². The molecule has 1 heterocycles. The van der Waals surface area contributed by atoms with Crippen molar-refractivity contribution in [3.63, 3.8) is 0 Å². The standard InChI is InChI=1S/C15H21NO/c17-15(6-7-15)11-13-4-3-5-14(10-13)12-16-8-1-2-9-16/h3-5,10,17H,1-2,6-9,11-12H2. The lowest BCUT2D eigenvalue weighted by Gasteiger charge is -2.15. The molecule has 0 amide bonds. The van der Waals surface area contributed by atoms with E-state index in [2.05, 4.69) is 29.2 Å². The zero-order valence-corrected chi connectivity index (χ0v) is 10.4. The van der Waals surface area contributed by atoms with E-state index >= 15 is 0 Å². The number of aliphatic hydroxyl groups is 1. The van der Waals surface area contributed by atoms with Crippen molar-refractivity contribution in [1.82, 2.24) is 4.90 Å². The summed E-state index contributed by atoms with van der Waals surface area (Å²) in [7, 11) is 0. The van der Waals surface area contributed by atoms with Gasteiger partial charge in [-0.1, -0.05) is 24.3 Å². The quantitative estimate of drug-likeness (QED) is 0.860. The minimum absolute atomic E-state index is 0.369. The molecule has 1 aromatic carbocycles. The predicted octanol–water partition coefficient (Wildman–Crippen LogP) is 2.35. The number of rotatable bonds is 4. The summed E-state index contributed by atoms with van der Waals surface area (Å²) in [5.74, 6) is 0. The molecule has 1 aliphatic heterocycles. The highest BCUT2D eigenvalue weighted by atomic mass is 16.3. The summed E-state index contributed by atoms with van der Waals surface area (Å²) in [6.45, 7) is 3.56. The van der Waals surface area contributed by atoms with Gasteiger partial charge in [-0.05, 0) is 49.9 Å². The van der Waals surface area contributed by atoms with Gasteiger partial charge in [-0.2, -0.15) is 0 Å². The Morgan fingerprint density at radius 3 is 2.53 bits per heavy atom. The number of likely N-dealkylation sites (tertiary alicyclic amines) is 1. The van der Waals surface area contributed by atoms with Crippen LogP contribution in [0.2, 0.25) is 0 Å².